The summed E-state index contributed by atoms with van der Waals surface area (Å²) >= 11 is 5.87. The first-order valence-corrected chi connectivity index (χ1v) is 6.27. The summed E-state index contributed by atoms with van der Waals surface area (Å²) in [5, 5.41) is 5.98. The van der Waals surface area contributed by atoms with E-state index in [0.717, 1.165) is 22.3 Å². The van der Waals surface area contributed by atoms with E-state index in [9.17, 15) is 0 Å². The SMILES string of the molecule is [B]c1cnc(Nc2ccc(Cl)cc2)c2ccccc12. The standard InChI is InChI=1S/C15H10BClN2/c16-14-9-18-15(13-4-2-1-3-12(13)14)19-11-7-5-10(17)6-8-11/h1-9H,(H,18,19). The van der Waals surface area contributed by atoms with Crippen LogP contribution in [0.25, 0.3) is 10.8 Å². The van der Waals surface area contributed by atoms with Crippen molar-refractivity contribution in [1.82, 2.24) is 4.98 Å². The Bertz CT molecular complexity index is 726. The molecule has 0 unspecified atom stereocenters. The predicted octanol–water partition coefficient (Wildman–Crippen LogP) is 3.43. The van der Waals surface area contributed by atoms with Crippen molar-refractivity contribution >= 4 is 47.2 Å². The number of nitrogens with one attached hydrogen (secondary N) is 1. The van der Waals surface area contributed by atoms with E-state index in [1.165, 1.54) is 0 Å². The van der Waals surface area contributed by atoms with Crippen molar-refractivity contribution in [3.8, 4) is 0 Å². The number of aromatic nitrogens is 1. The molecule has 2 radical (unpaired) electrons. The van der Waals surface area contributed by atoms with Crippen molar-refractivity contribution in [2.75, 3.05) is 5.32 Å². The van der Waals surface area contributed by atoms with Crippen molar-refractivity contribution < 1.29 is 0 Å². The van der Waals surface area contributed by atoms with E-state index in [1.54, 1.807) is 6.20 Å². The zero-order valence-corrected chi connectivity index (χ0v) is 10.9. The molecular formula is C15H10BClN2. The van der Waals surface area contributed by atoms with Gasteiger partial charge in [0.1, 0.15) is 13.7 Å². The van der Waals surface area contributed by atoms with Gasteiger partial charge in [-0.3, -0.25) is 0 Å². The van der Waals surface area contributed by atoms with Gasteiger partial charge in [-0.1, -0.05) is 41.3 Å². The zero-order chi connectivity index (χ0) is 13.2. The molecule has 0 aliphatic heterocycles. The minimum absolute atomic E-state index is 0.678. The second kappa shape index (κ2) is 4.94. The fraction of sp³-hybridized carbons (Fsp3) is 0. The zero-order valence-electron chi connectivity index (χ0n) is 10.1. The van der Waals surface area contributed by atoms with Crippen molar-refractivity contribution in [3.05, 3.63) is 59.8 Å². The van der Waals surface area contributed by atoms with Gasteiger partial charge < -0.3 is 5.32 Å². The summed E-state index contributed by atoms with van der Waals surface area (Å²) in [6.07, 6.45) is 1.67. The molecule has 4 heteroatoms. The van der Waals surface area contributed by atoms with E-state index in [0.29, 0.717) is 10.5 Å². The number of benzene rings is 2. The Kier molecular flexibility index (Phi) is 3.14. The Morgan fingerprint density at radius 3 is 2.37 bits per heavy atom. The highest BCUT2D eigenvalue weighted by Gasteiger charge is 2.04. The molecule has 1 N–H and O–H groups in total. The van der Waals surface area contributed by atoms with Crippen LogP contribution in [-0.2, 0) is 0 Å². The molecule has 2 aromatic carbocycles. The van der Waals surface area contributed by atoms with E-state index < -0.39 is 0 Å². The van der Waals surface area contributed by atoms with Crippen LogP contribution in [0.3, 0.4) is 0 Å². The lowest BCUT2D eigenvalue weighted by molar-refractivity contribution is 1.35. The second-order valence-corrected chi connectivity index (χ2v) is 4.68. The van der Waals surface area contributed by atoms with E-state index in [4.69, 9.17) is 19.4 Å². The Hall–Kier alpha value is -2.00. The van der Waals surface area contributed by atoms with Gasteiger partial charge in [-0.25, -0.2) is 4.98 Å². The van der Waals surface area contributed by atoms with Crippen LogP contribution in [-0.4, -0.2) is 12.8 Å². The smallest absolute Gasteiger partial charge is 0.138 e. The maximum Gasteiger partial charge on any atom is 0.138 e. The Labute approximate surface area is 117 Å². The number of rotatable bonds is 2. The molecule has 0 fully saturated rings. The molecule has 0 aliphatic carbocycles. The van der Waals surface area contributed by atoms with Crippen LogP contribution < -0.4 is 10.8 Å². The summed E-state index contributed by atoms with van der Waals surface area (Å²) in [6, 6.07) is 15.4. The fourth-order valence-corrected chi connectivity index (χ4v) is 2.11. The third-order valence-electron chi connectivity index (χ3n) is 2.93. The third-order valence-corrected chi connectivity index (χ3v) is 3.18. The van der Waals surface area contributed by atoms with Gasteiger partial charge >= 0.3 is 0 Å². The normalized spacial score (nSPS) is 10.6. The number of nitrogens with zero attached hydrogens (tertiary/aromatic N) is 1. The maximum atomic E-state index is 5.93. The Morgan fingerprint density at radius 1 is 0.947 bits per heavy atom. The topological polar surface area (TPSA) is 24.9 Å². The molecule has 3 rings (SSSR count). The predicted molar refractivity (Wildman–Crippen MR) is 81.9 cm³/mol. The van der Waals surface area contributed by atoms with Crippen molar-refractivity contribution in [2.45, 2.75) is 0 Å². The lowest BCUT2D eigenvalue weighted by Crippen LogP contribution is -2.07. The first kappa shape index (κ1) is 12.1. The van der Waals surface area contributed by atoms with Crippen molar-refractivity contribution in [3.63, 3.8) is 0 Å². The molecule has 90 valence electrons. The molecule has 0 amide bonds. The molecule has 2 nitrogen and oxygen atoms in total. The molecule has 0 bridgehead atoms. The molecule has 3 aromatic rings. The van der Waals surface area contributed by atoms with Gasteiger partial charge in [-0.15, -0.1) is 0 Å². The second-order valence-electron chi connectivity index (χ2n) is 4.24. The van der Waals surface area contributed by atoms with Gasteiger partial charge in [-0.2, -0.15) is 0 Å². The third kappa shape index (κ3) is 2.42. The number of hydrogen-bond donors (Lipinski definition) is 1. The Balaban J connectivity index is 2.06. The largest absolute Gasteiger partial charge is 0.340 e. The van der Waals surface area contributed by atoms with Crippen LogP contribution in [0.4, 0.5) is 11.5 Å². The summed E-state index contributed by atoms with van der Waals surface area (Å²) in [5.41, 5.74) is 1.61. The van der Waals surface area contributed by atoms with Crippen LogP contribution in [0.15, 0.2) is 54.7 Å². The quantitative estimate of drug-likeness (QED) is 0.717. The summed E-state index contributed by atoms with van der Waals surface area (Å²) < 4.78 is 0. The van der Waals surface area contributed by atoms with Crippen molar-refractivity contribution in [2.24, 2.45) is 0 Å². The number of hydrogen-bond acceptors (Lipinski definition) is 2. The summed E-state index contributed by atoms with van der Waals surface area (Å²) in [4.78, 5) is 4.36. The summed E-state index contributed by atoms with van der Waals surface area (Å²) in [6.45, 7) is 0. The monoisotopic (exact) mass is 264 g/mol. The molecule has 1 aromatic heterocycles. The average molecular weight is 265 g/mol. The molecule has 19 heavy (non-hydrogen) atoms. The van der Waals surface area contributed by atoms with Crippen LogP contribution in [0.5, 0.6) is 0 Å². The number of fused-ring (bicyclic) bond motifs is 1. The average Bonchev–Trinajstić information content (AvgIpc) is 2.45. The molecule has 1 heterocycles. The molecular weight excluding hydrogens is 254 g/mol. The van der Waals surface area contributed by atoms with Gasteiger partial charge in [0.05, 0.1) is 0 Å². The highest BCUT2D eigenvalue weighted by atomic mass is 35.5. The van der Waals surface area contributed by atoms with Gasteiger partial charge in [0.15, 0.2) is 0 Å². The highest BCUT2D eigenvalue weighted by Crippen LogP contribution is 2.23. The molecule has 0 saturated heterocycles. The van der Waals surface area contributed by atoms with Crippen LogP contribution >= 0.6 is 11.6 Å². The van der Waals surface area contributed by atoms with Gasteiger partial charge in [0.2, 0.25) is 0 Å². The van der Waals surface area contributed by atoms with Gasteiger partial charge in [0.25, 0.3) is 0 Å². The van der Waals surface area contributed by atoms with E-state index >= 15 is 0 Å². The molecule has 0 saturated carbocycles. The minimum Gasteiger partial charge on any atom is -0.340 e. The van der Waals surface area contributed by atoms with E-state index in [-0.39, 0.29) is 0 Å². The molecule has 0 spiro atoms. The number of halogens is 1. The van der Waals surface area contributed by atoms with Crippen LogP contribution in [0, 0.1) is 0 Å². The summed E-state index contributed by atoms with van der Waals surface area (Å²) in [7, 11) is 5.93. The Morgan fingerprint density at radius 2 is 1.63 bits per heavy atom. The first-order chi connectivity index (χ1) is 9.24. The lowest BCUT2D eigenvalue weighted by Gasteiger charge is -2.10. The highest BCUT2D eigenvalue weighted by molar-refractivity contribution is 6.39. The molecule has 0 atom stereocenters. The number of pyridine rings is 1. The van der Waals surface area contributed by atoms with E-state index in [1.807, 2.05) is 48.5 Å². The fourth-order valence-electron chi connectivity index (χ4n) is 1.98. The maximum absolute atomic E-state index is 5.93. The van der Waals surface area contributed by atoms with Gasteiger partial charge in [0, 0.05) is 22.3 Å². The summed E-state index contributed by atoms with van der Waals surface area (Å²) in [5.74, 6) is 0.784. The van der Waals surface area contributed by atoms with Gasteiger partial charge in [-0.05, 0) is 29.7 Å². The minimum atomic E-state index is 0.678. The van der Waals surface area contributed by atoms with Crippen LogP contribution in [0.2, 0.25) is 5.02 Å². The lowest BCUT2D eigenvalue weighted by atomic mass is 9.92. The number of anilines is 2. The molecule has 0 aliphatic rings. The first-order valence-electron chi connectivity index (χ1n) is 5.90. The van der Waals surface area contributed by atoms with Crippen molar-refractivity contribution in [1.29, 1.82) is 0 Å². The van der Waals surface area contributed by atoms with Crippen LogP contribution in [0.1, 0.15) is 0 Å². The van der Waals surface area contributed by atoms with E-state index in [2.05, 4.69) is 10.3 Å².